The van der Waals surface area contributed by atoms with Crippen LogP contribution >= 0.6 is 0 Å². The quantitative estimate of drug-likeness (QED) is 0.741. The van der Waals surface area contributed by atoms with E-state index in [1.54, 1.807) is 14.2 Å². The number of nitrogens with one attached hydrogen (secondary N) is 1. The highest BCUT2D eigenvalue weighted by molar-refractivity contribution is 5.77. The summed E-state index contributed by atoms with van der Waals surface area (Å²) in [5.41, 5.74) is 9.90. The number of fused-ring (bicyclic) bond motifs is 1. The van der Waals surface area contributed by atoms with Crippen molar-refractivity contribution < 1.29 is 14.3 Å². The molecule has 2 aromatic carbocycles. The first-order chi connectivity index (χ1) is 15.1. The normalized spacial score (nSPS) is 19.3. The van der Waals surface area contributed by atoms with Crippen molar-refractivity contribution >= 4 is 17.3 Å². The Kier molecular flexibility index (Phi) is 6.51. The van der Waals surface area contributed by atoms with Gasteiger partial charge in [-0.15, -0.1) is 0 Å². The van der Waals surface area contributed by atoms with E-state index in [2.05, 4.69) is 22.3 Å². The Bertz CT molecular complexity index is 911. The average molecular weight is 425 g/mol. The van der Waals surface area contributed by atoms with Gasteiger partial charge in [0.2, 0.25) is 5.91 Å². The largest absolute Gasteiger partial charge is 0.497 e. The highest BCUT2D eigenvalue weighted by atomic mass is 16.5. The Morgan fingerprint density at radius 1 is 1.13 bits per heavy atom. The minimum Gasteiger partial charge on any atom is -0.497 e. The molecule has 3 N–H and O–H groups in total. The maximum atomic E-state index is 12.9. The Hall–Kier alpha value is -2.93. The minimum absolute atomic E-state index is 0.142. The van der Waals surface area contributed by atoms with E-state index in [9.17, 15) is 4.79 Å². The van der Waals surface area contributed by atoms with E-state index in [0.717, 1.165) is 48.9 Å². The summed E-state index contributed by atoms with van der Waals surface area (Å²) in [4.78, 5) is 17.1. The summed E-state index contributed by atoms with van der Waals surface area (Å²) in [5.74, 6) is 2.08. The number of carbonyl (C=O) groups is 1. The summed E-state index contributed by atoms with van der Waals surface area (Å²) in [6.45, 7) is 3.77. The smallest absolute Gasteiger partial charge is 0.224 e. The van der Waals surface area contributed by atoms with Crippen LogP contribution in [-0.4, -0.2) is 63.8 Å². The van der Waals surface area contributed by atoms with Crippen LogP contribution in [0.4, 0.5) is 11.4 Å². The standard InChI is InChI=1S/C24H32N4O3/c1-30-19-7-8-21-17(14-19)13-18(16-26-21)20(25)15-24(29)28-11-9-27(10-12-28)22-5-3-4-6-23(22)31-2/h3-8,14,18,20,26H,9-13,15-16,25H2,1-2H3. The SMILES string of the molecule is COc1ccc2c(c1)CC(C(N)CC(=O)N1CCN(c3ccccc3OC)CC1)CN2. The van der Waals surface area contributed by atoms with Crippen molar-refractivity contribution in [3.05, 3.63) is 48.0 Å². The van der Waals surface area contributed by atoms with E-state index in [4.69, 9.17) is 15.2 Å². The van der Waals surface area contributed by atoms with Gasteiger partial charge in [0.15, 0.2) is 0 Å². The van der Waals surface area contributed by atoms with Crippen LogP contribution in [0.25, 0.3) is 0 Å². The van der Waals surface area contributed by atoms with Gasteiger partial charge in [-0.3, -0.25) is 4.79 Å². The molecule has 0 bridgehead atoms. The highest BCUT2D eigenvalue weighted by Crippen LogP contribution is 2.31. The van der Waals surface area contributed by atoms with E-state index in [1.807, 2.05) is 35.2 Å². The third-order valence-corrected chi connectivity index (χ3v) is 6.42. The molecule has 0 aromatic heterocycles. The van der Waals surface area contributed by atoms with Crippen LogP contribution in [0.3, 0.4) is 0 Å². The van der Waals surface area contributed by atoms with E-state index < -0.39 is 0 Å². The number of carbonyl (C=O) groups excluding carboxylic acids is 1. The van der Waals surface area contributed by atoms with E-state index >= 15 is 0 Å². The molecule has 166 valence electrons. The van der Waals surface area contributed by atoms with Gasteiger partial charge in [0, 0.05) is 50.9 Å². The number of methoxy groups -OCH3 is 2. The number of hydrogen-bond donors (Lipinski definition) is 2. The molecule has 7 heteroatoms. The summed E-state index contributed by atoms with van der Waals surface area (Å²) in [6, 6.07) is 13.9. The fraction of sp³-hybridized carbons (Fsp3) is 0.458. The van der Waals surface area contributed by atoms with Gasteiger partial charge < -0.3 is 30.3 Å². The number of rotatable bonds is 6. The summed E-state index contributed by atoms with van der Waals surface area (Å²) in [5, 5.41) is 3.45. The molecule has 1 fully saturated rings. The molecule has 2 aliphatic rings. The number of nitrogens with two attached hydrogens (primary N) is 1. The van der Waals surface area contributed by atoms with Crippen molar-refractivity contribution in [1.82, 2.24) is 4.90 Å². The van der Waals surface area contributed by atoms with Crippen LogP contribution in [0.1, 0.15) is 12.0 Å². The first-order valence-corrected chi connectivity index (χ1v) is 10.9. The molecule has 2 heterocycles. The van der Waals surface area contributed by atoms with Crippen LogP contribution in [0.15, 0.2) is 42.5 Å². The molecule has 31 heavy (non-hydrogen) atoms. The third kappa shape index (κ3) is 4.71. The van der Waals surface area contributed by atoms with Crippen LogP contribution in [-0.2, 0) is 11.2 Å². The monoisotopic (exact) mass is 424 g/mol. The predicted octanol–water partition coefficient (Wildman–Crippen LogP) is 2.35. The van der Waals surface area contributed by atoms with Crippen LogP contribution in [0.2, 0.25) is 0 Å². The second-order valence-corrected chi connectivity index (χ2v) is 8.28. The first kappa shape index (κ1) is 21.3. The minimum atomic E-state index is -0.174. The number of anilines is 2. The summed E-state index contributed by atoms with van der Waals surface area (Å²) in [7, 11) is 3.36. The maximum absolute atomic E-state index is 12.9. The Morgan fingerprint density at radius 2 is 1.90 bits per heavy atom. The second-order valence-electron chi connectivity index (χ2n) is 8.28. The van der Waals surface area contributed by atoms with Crippen LogP contribution in [0.5, 0.6) is 11.5 Å². The Morgan fingerprint density at radius 3 is 2.65 bits per heavy atom. The molecule has 0 radical (unpaired) electrons. The Labute approximate surface area is 184 Å². The number of amides is 1. The fourth-order valence-corrected chi connectivity index (χ4v) is 4.52. The average Bonchev–Trinajstić information content (AvgIpc) is 2.83. The molecule has 0 saturated carbocycles. The molecule has 4 rings (SSSR count). The van der Waals surface area contributed by atoms with Gasteiger partial charge in [0.05, 0.1) is 19.9 Å². The van der Waals surface area contributed by atoms with Gasteiger partial charge in [-0.2, -0.15) is 0 Å². The summed E-state index contributed by atoms with van der Waals surface area (Å²) >= 11 is 0. The van der Waals surface area contributed by atoms with Crippen molar-refractivity contribution in [2.75, 3.05) is 57.2 Å². The van der Waals surface area contributed by atoms with Gasteiger partial charge in [-0.05, 0) is 48.2 Å². The third-order valence-electron chi connectivity index (χ3n) is 6.42. The lowest BCUT2D eigenvalue weighted by atomic mass is 9.87. The molecule has 2 unspecified atom stereocenters. The van der Waals surface area contributed by atoms with Crippen molar-refractivity contribution in [1.29, 1.82) is 0 Å². The number of benzene rings is 2. The highest BCUT2D eigenvalue weighted by Gasteiger charge is 2.29. The molecule has 0 aliphatic carbocycles. The molecule has 7 nitrogen and oxygen atoms in total. The van der Waals surface area contributed by atoms with Crippen LogP contribution < -0.4 is 25.4 Å². The zero-order valence-corrected chi connectivity index (χ0v) is 18.3. The van der Waals surface area contributed by atoms with Gasteiger partial charge in [0.25, 0.3) is 0 Å². The zero-order valence-electron chi connectivity index (χ0n) is 18.3. The molecular formula is C24H32N4O3. The Balaban J connectivity index is 1.31. The lowest BCUT2D eigenvalue weighted by Crippen LogP contribution is -2.51. The molecular weight excluding hydrogens is 392 g/mol. The number of piperazine rings is 1. The lowest BCUT2D eigenvalue weighted by molar-refractivity contribution is -0.132. The maximum Gasteiger partial charge on any atom is 0.224 e. The van der Waals surface area contributed by atoms with Crippen LogP contribution in [0, 0.1) is 5.92 Å². The number of ether oxygens (including phenoxy) is 2. The predicted molar refractivity (Wildman–Crippen MR) is 123 cm³/mol. The molecule has 2 atom stereocenters. The van der Waals surface area contributed by atoms with Gasteiger partial charge in [0.1, 0.15) is 11.5 Å². The first-order valence-electron chi connectivity index (χ1n) is 10.9. The molecule has 1 saturated heterocycles. The molecule has 2 aromatic rings. The van der Waals surface area contributed by atoms with E-state index in [-0.39, 0.29) is 17.9 Å². The van der Waals surface area contributed by atoms with Gasteiger partial charge in [-0.25, -0.2) is 0 Å². The van der Waals surface area contributed by atoms with Crippen molar-refractivity contribution in [3.63, 3.8) is 0 Å². The summed E-state index contributed by atoms with van der Waals surface area (Å²) in [6.07, 6.45) is 1.23. The van der Waals surface area contributed by atoms with Gasteiger partial charge >= 0.3 is 0 Å². The zero-order chi connectivity index (χ0) is 21.8. The number of hydrogen-bond acceptors (Lipinski definition) is 6. The lowest BCUT2D eigenvalue weighted by Gasteiger charge is -2.37. The molecule has 0 spiro atoms. The van der Waals surface area contributed by atoms with Crippen molar-refractivity contribution in [2.45, 2.75) is 18.9 Å². The molecule has 1 amide bonds. The summed E-state index contributed by atoms with van der Waals surface area (Å²) < 4.78 is 10.8. The number of para-hydroxylation sites is 2. The van der Waals surface area contributed by atoms with E-state index in [1.165, 1.54) is 5.56 Å². The second kappa shape index (κ2) is 9.47. The van der Waals surface area contributed by atoms with Gasteiger partial charge in [-0.1, -0.05) is 12.1 Å². The topological polar surface area (TPSA) is 80.1 Å². The fourth-order valence-electron chi connectivity index (χ4n) is 4.52. The van der Waals surface area contributed by atoms with Crippen molar-refractivity contribution in [3.8, 4) is 11.5 Å². The number of nitrogens with zero attached hydrogens (tertiary/aromatic N) is 2. The molecule has 2 aliphatic heterocycles. The van der Waals surface area contributed by atoms with Crippen molar-refractivity contribution in [2.24, 2.45) is 11.7 Å². The van der Waals surface area contributed by atoms with E-state index in [0.29, 0.717) is 19.5 Å².